The molecule has 13 heavy (non-hydrogen) atoms. The standard InChI is InChI=1S/C10H10ClNS/c1-2-6-3-4-8-7(10(6)12)5-9(11)13-8/h3-5H,2,12H2,1H3. The lowest BCUT2D eigenvalue weighted by atomic mass is 10.1. The summed E-state index contributed by atoms with van der Waals surface area (Å²) in [5.74, 6) is 0. The molecule has 0 atom stereocenters. The summed E-state index contributed by atoms with van der Waals surface area (Å²) in [7, 11) is 0. The van der Waals surface area contributed by atoms with Crippen LogP contribution in [0.25, 0.3) is 10.1 Å². The molecule has 1 nitrogen and oxygen atoms in total. The van der Waals surface area contributed by atoms with Gasteiger partial charge in [-0.25, -0.2) is 0 Å². The molecule has 2 rings (SSSR count). The van der Waals surface area contributed by atoms with Crippen LogP contribution in [0.3, 0.4) is 0 Å². The molecule has 1 aromatic carbocycles. The number of hydrogen-bond donors (Lipinski definition) is 1. The second-order valence-electron chi connectivity index (χ2n) is 2.95. The van der Waals surface area contributed by atoms with Crippen molar-refractivity contribution >= 4 is 38.7 Å². The maximum Gasteiger partial charge on any atom is 0.0941 e. The summed E-state index contributed by atoms with van der Waals surface area (Å²) in [6.07, 6.45) is 0.967. The molecule has 0 aliphatic carbocycles. The van der Waals surface area contributed by atoms with Crippen LogP contribution in [0.15, 0.2) is 18.2 Å². The molecule has 0 amide bonds. The molecule has 2 N–H and O–H groups in total. The predicted molar refractivity (Wildman–Crippen MR) is 60.6 cm³/mol. The first-order valence-electron chi connectivity index (χ1n) is 4.18. The monoisotopic (exact) mass is 211 g/mol. The number of aryl methyl sites for hydroxylation is 1. The summed E-state index contributed by atoms with van der Waals surface area (Å²) in [6, 6.07) is 6.10. The van der Waals surface area contributed by atoms with Crippen LogP contribution >= 0.6 is 22.9 Å². The van der Waals surface area contributed by atoms with Gasteiger partial charge in [-0.3, -0.25) is 0 Å². The van der Waals surface area contributed by atoms with Crippen molar-refractivity contribution in [1.82, 2.24) is 0 Å². The zero-order chi connectivity index (χ0) is 9.42. The Balaban J connectivity index is 2.78. The Morgan fingerprint density at radius 2 is 2.23 bits per heavy atom. The molecule has 0 spiro atoms. The lowest BCUT2D eigenvalue weighted by Gasteiger charge is -2.02. The normalized spacial score (nSPS) is 10.9. The Morgan fingerprint density at radius 1 is 1.46 bits per heavy atom. The lowest BCUT2D eigenvalue weighted by Crippen LogP contribution is -1.92. The fourth-order valence-corrected chi connectivity index (χ4v) is 2.62. The number of hydrogen-bond acceptors (Lipinski definition) is 2. The van der Waals surface area contributed by atoms with Crippen molar-refractivity contribution in [2.45, 2.75) is 13.3 Å². The smallest absolute Gasteiger partial charge is 0.0941 e. The third kappa shape index (κ3) is 1.40. The van der Waals surface area contributed by atoms with E-state index in [1.807, 2.05) is 6.07 Å². The average molecular weight is 212 g/mol. The summed E-state index contributed by atoms with van der Waals surface area (Å²) < 4.78 is 1.97. The molecule has 0 radical (unpaired) electrons. The minimum atomic E-state index is 0.801. The van der Waals surface area contributed by atoms with E-state index < -0.39 is 0 Å². The van der Waals surface area contributed by atoms with Gasteiger partial charge in [0.05, 0.1) is 4.34 Å². The fraction of sp³-hybridized carbons (Fsp3) is 0.200. The molecule has 68 valence electrons. The Hall–Kier alpha value is -0.730. The minimum absolute atomic E-state index is 0.801. The Labute approximate surface area is 86.1 Å². The third-order valence-electron chi connectivity index (χ3n) is 2.18. The molecule has 0 saturated carbocycles. The van der Waals surface area contributed by atoms with Crippen molar-refractivity contribution in [2.24, 2.45) is 0 Å². The van der Waals surface area contributed by atoms with E-state index in [1.165, 1.54) is 10.3 Å². The van der Waals surface area contributed by atoms with E-state index >= 15 is 0 Å². The number of benzene rings is 1. The van der Waals surface area contributed by atoms with Gasteiger partial charge in [0.1, 0.15) is 0 Å². The average Bonchev–Trinajstić information content (AvgIpc) is 2.47. The Morgan fingerprint density at radius 3 is 2.92 bits per heavy atom. The number of anilines is 1. The van der Waals surface area contributed by atoms with Crippen molar-refractivity contribution in [3.8, 4) is 0 Å². The van der Waals surface area contributed by atoms with Crippen LogP contribution in [0, 0.1) is 0 Å². The summed E-state index contributed by atoms with van der Waals surface area (Å²) in [6.45, 7) is 2.10. The third-order valence-corrected chi connectivity index (χ3v) is 3.41. The maximum atomic E-state index is 5.99. The Bertz CT molecular complexity index is 447. The predicted octanol–water partition coefficient (Wildman–Crippen LogP) is 3.70. The summed E-state index contributed by atoms with van der Waals surface area (Å²) in [5.41, 5.74) is 8.07. The lowest BCUT2D eigenvalue weighted by molar-refractivity contribution is 1.15. The van der Waals surface area contributed by atoms with E-state index in [0.29, 0.717) is 0 Å². The molecular formula is C10H10ClNS. The van der Waals surface area contributed by atoms with Gasteiger partial charge in [-0.1, -0.05) is 24.6 Å². The van der Waals surface area contributed by atoms with Gasteiger partial charge in [-0.2, -0.15) is 0 Å². The summed E-state index contributed by atoms with van der Waals surface area (Å²) in [5, 5.41) is 1.09. The molecule has 0 unspecified atom stereocenters. The highest BCUT2D eigenvalue weighted by atomic mass is 35.5. The number of nitrogens with two attached hydrogens (primary N) is 1. The van der Waals surface area contributed by atoms with E-state index in [1.54, 1.807) is 11.3 Å². The number of rotatable bonds is 1. The quantitative estimate of drug-likeness (QED) is 0.716. The van der Waals surface area contributed by atoms with Crippen molar-refractivity contribution in [3.63, 3.8) is 0 Å². The van der Waals surface area contributed by atoms with E-state index in [-0.39, 0.29) is 0 Å². The molecule has 1 aromatic heterocycles. The molecule has 0 bridgehead atoms. The zero-order valence-electron chi connectivity index (χ0n) is 7.30. The first kappa shape index (κ1) is 8.85. The first-order chi connectivity index (χ1) is 6.22. The van der Waals surface area contributed by atoms with Gasteiger partial charge >= 0.3 is 0 Å². The highest BCUT2D eigenvalue weighted by Crippen LogP contribution is 2.34. The van der Waals surface area contributed by atoms with Gasteiger partial charge in [0.15, 0.2) is 0 Å². The highest BCUT2D eigenvalue weighted by molar-refractivity contribution is 7.22. The minimum Gasteiger partial charge on any atom is -0.398 e. The van der Waals surface area contributed by atoms with Gasteiger partial charge in [-0.15, -0.1) is 11.3 Å². The van der Waals surface area contributed by atoms with Crippen LogP contribution in [0.1, 0.15) is 12.5 Å². The summed E-state index contributed by atoms with van der Waals surface area (Å²) >= 11 is 7.48. The van der Waals surface area contributed by atoms with Crippen molar-refractivity contribution < 1.29 is 0 Å². The number of halogens is 1. The molecule has 0 fully saturated rings. The zero-order valence-corrected chi connectivity index (χ0v) is 8.88. The molecule has 0 saturated heterocycles. The van der Waals surface area contributed by atoms with Gasteiger partial charge in [-0.05, 0) is 24.1 Å². The topological polar surface area (TPSA) is 26.0 Å². The molecular weight excluding hydrogens is 202 g/mol. The number of nitrogen functional groups attached to an aromatic ring is 1. The molecule has 3 heteroatoms. The maximum absolute atomic E-state index is 5.99. The number of thiophene rings is 1. The van der Waals surface area contributed by atoms with Gasteiger partial charge < -0.3 is 5.73 Å². The van der Waals surface area contributed by atoms with Crippen LogP contribution in [-0.2, 0) is 6.42 Å². The summed E-state index contributed by atoms with van der Waals surface area (Å²) in [4.78, 5) is 0. The van der Waals surface area contributed by atoms with E-state index in [0.717, 1.165) is 21.8 Å². The number of fused-ring (bicyclic) bond motifs is 1. The SMILES string of the molecule is CCc1ccc2sc(Cl)cc2c1N. The second-order valence-corrected chi connectivity index (χ2v) is 4.67. The van der Waals surface area contributed by atoms with Crippen LogP contribution in [0.5, 0.6) is 0 Å². The van der Waals surface area contributed by atoms with Crippen molar-refractivity contribution in [2.75, 3.05) is 5.73 Å². The van der Waals surface area contributed by atoms with Crippen molar-refractivity contribution in [1.29, 1.82) is 0 Å². The van der Waals surface area contributed by atoms with E-state index in [2.05, 4.69) is 19.1 Å². The Kier molecular flexibility index (Phi) is 2.18. The fourth-order valence-electron chi connectivity index (χ4n) is 1.46. The molecule has 0 aliphatic rings. The highest BCUT2D eigenvalue weighted by Gasteiger charge is 2.05. The molecule has 0 aliphatic heterocycles. The molecule has 1 heterocycles. The van der Waals surface area contributed by atoms with E-state index in [4.69, 9.17) is 17.3 Å². The van der Waals surface area contributed by atoms with Gasteiger partial charge in [0, 0.05) is 15.8 Å². The van der Waals surface area contributed by atoms with Crippen LogP contribution < -0.4 is 5.73 Å². The van der Waals surface area contributed by atoms with Gasteiger partial charge in [0.25, 0.3) is 0 Å². The first-order valence-corrected chi connectivity index (χ1v) is 5.38. The molecule has 2 aromatic rings. The van der Waals surface area contributed by atoms with Crippen LogP contribution in [0.4, 0.5) is 5.69 Å². The van der Waals surface area contributed by atoms with Gasteiger partial charge in [0.2, 0.25) is 0 Å². The van der Waals surface area contributed by atoms with E-state index in [9.17, 15) is 0 Å². The van der Waals surface area contributed by atoms with Crippen molar-refractivity contribution in [3.05, 3.63) is 28.1 Å². The second kappa shape index (κ2) is 3.20. The van der Waals surface area contributed by atoms with Crippen LogP contribution in [0.2, 0.25) is 4.34 Å². The van der Waals surface area contributed by atoms with Crippen LogP contribution in [-0.4, -0.2) is 0 Å². The largest absolute Gasteiger partial charge is 0.398 e.